The van der Waals surface area contributed by atoms with Crippen LogP contribution in [0.1, 0.15) is 19.8 Å². The fourth-order valence-electron chi connectivity index (χ4n) is 1.05. The monoisotopic (exact) mass is 246 g/mol. The van der Waals surface area contributed by atoms with Crippen molar-refractivity contribution < 1.29 is 19.5 Å². The first-order chi connectivity index (χ1) is 7.84. The second kappa shape index (κ2) is 7.44. The van der Waals surface area contributed by atoms with E-state index in [0.29, 0.717) is 19.4 Å². The first-order valence-corrected chi connectivity index (χ1v) is 5.16. The van der Waals surface area contributed by atoms with Crippen LogP contribution in [-0.4, -0.2) is 41.6 Å². The van der Waals surface area contributed by atoms with Gasteiger partial charge in [0.05, 0.1) is 6.04 Å². The first kappa shape index (κ1) is 15.2. The highest BCUT2D eigenvalue weighted by Gasteiger charge is 2.18. The number of carboxylic acids is 1. The molecule has 0 spiro atoms. The van der Waals surface area contributed by atoms with Crippen molar-refractivity contribution in [2.24, 2.45) is 11.5 Å². The predicted octanol–water partition coefficient (Wildman–Crippen LogP) is -1.65. The molecule has 98 valence electrons. The van der Waals surface area contributed by atoms with Gasteiger partial charge >= 0.3 is 12.0 Å². The van der Waals surface area contributed by atoms with E-state index in [2.05, 4.69) is 10.6 Å². The number of rotatable bonds is 7. The third-order valence-electron chi connectivity index (χ3n) is 2.06. The lowest BCUT2D eigenvalue weighted by molar-refractivity contribution is -0.141. The molecule has 0 bridgehead atoms. The van der Waals surface area contributed by atoms with Gasteiger partial charge in [0.25, 0.3) is 0 Å². The van der Waals surface area contributed by atoms with Gasteiger partial charge in [0.15, 0.2) is 0 Å². The molecule has 8 nitrogen and oxygen atoms in total. The van der Waals surface area contributed by atoms with Crippen molar-refractivity contribution in [2.75, 3.05) is 6.54 Å². The zero-order valence-corrected chi connectivity index (χ0v) is 9.60. The van der Waals surface area contributed by atoms with E-state index >= 15 is 0 Å². The van der Waals surface area contributed by atoms with Gasteiger partial charge in [0.2, 0.25) is 5.91 Å². The topological polar surface area (TPSA) is 148 Å². The quantitative estimate of drug-likeness (QED) is 0.341. The summed E-state index contributed by atoms with van der Waals surface area (Å²) in [5.41, 5.74) is 10.4. The average Bonchev–Trinajstić information content (AvgIpc) is 2.23. The number of hydrogen-bond acceptors (Lipinski definition) is 4. The van der Waals surface area contributed by atoms with Gasteiger partial charge in [-0.1, -0.05) is 0 Å². The van der Waals surface area contributed by atoms with E-state index in [9.17, 15) is 14.4 Å². The number of primary amides is 1. The molecular formula is C9H18N4O4. The number of aliphatic carboxylic acids is 1. The van der Waals surface area contributed by atoms with Crippen molar-refractivity contribution in [3.8, 4) is 0 Å². The van der Waals surface area contributed by atoms with Crippen LogP contribution in [-0.2, 0) is 9.59 Å². The lowest BCUT2D eigenvalue weighted by Gasteiger charge is -2.14. The largest absolute Gasteiger partial charge is 0.480 e. The molecule has 17 heavy (non-hydrogen) atoms. The molecule has 0 aliphatic heterocycles. The molecule has 0 aromatic heterocycles. The smallest absolute Gasteiger partial charge is 0.325 e. The van der Waals surface area contributed by atoms with Crippen LogP contribution in [0, 0.1) is 0 Å². The summed E-state index contributed by atoms with van der Waals surface area (Å²) in [7, 11) is 0. The van der Waals surface area contributed by atoms with E-state index in [-0.39, 0.29) is 0 Å². The third-order valence-corrected chi connectivity index (χ3v) is 2.06. The van der Waals surface area contributed by atoms with E-state index in [0.717, 1.165) is 0 Å². The molecule has 0 rings (SSSR count). The zero-order chi connectivity index (χ0) is 13.4. The fourth-order valence-corrected chi connectivity index (χ4v) is 1.05. The summed E-state index contributed by atoms with van der Waals surface area (Å²) in [4.78, 5) is 32.2. The van der Waals surface area contributed by atoms with Crippen LogP contribution in [0.25, 0.3) is 0 Å². The summed E-state index contributed by atoms with van der Waals surface area (Å²) < 4.78 is 0. The molecule has 0 radical (unpaired) electrons. The van der Waals surface area contributed by atoms with Crippen LogP contribution in [0.15, 0.2) is 0 Å². The molecule has 3 amide bonds. The maximum atomic E-state index is 11.4. The molecule has 0 aromatic rings. The molecule has 0 aliphatic carbocycles. The lowest BCUT2D eigenvalue weighted by Crippen LogP contribution is -2.47. The number of nitrogens with two attached hydrogens (primary N) is 2. The highest BCUT2D eigenvalue weighted by molar-refractivity contribution is 5.86. The SMILES string of the molecule is C[C@H](NC(=O)[C@@H](N)CCCNC(N)=O)C(=O)O. The molecule has 0 aromatic carbocycles. The number of urea groups is 1. The van der Waals surface area contributed by atoms with Gasteiger partial charge in [-0.2, -0.15) is 0 Å². The Morgan fingerprint density at radius 1 is 1.35 bits per heavy atom. The van der Waals surface area contributed by atoms with Crippen molar-refractivity contribution >= 4 is 17.9 Å². The van der Waals surface area contributed by atoms with Crippen molar-refractivity contribution in [3.63, 3.8) is 0 Å². The highest BCUT2D eigenvalue weighted by atomic mass is 16.4. The maximum Gasteiger partial charge on any atom is 0.325 e. The van der Waals surface area contributed by atoms with E-state index in [1.807, 2.05) is 0 Å². The van der Waals surface area contributed by atoms with Gasteiger partial charge in [-0.25, -0.2) is 4.79 Å². The molecule has 0 heterocycles. The Labute approximate surface area is 98.7 Å². The van der Waals surface area contributed by atoms with E-state index in [4.69, 9.17) is 16.6 Å². The first-order valence-electron chi connectivity index (χ1n) is 5.16. The minimum Gasteiger partial charge on any atom is -0.480 e. The molecule has 7 N–H and O–H groups in total. The normalized spacial score (nSPS) is 13.5. The summed E-state index contributed by atoms with van der Waals surface area (Å²) >= 11 is 0. The Morgan fingerprint density at radius 2 is 1.94 bits per heavy atom. The van der Waals surface area contributed by atoms with Crippen LogP contribution >= 0.6 is 0 Å². The Balaban J connectivity index is 3.82. The third kappa shape index (κ3) is 7.12. The molecule has 2 atom stereocenters. The Bertz CT molecular complexity index is 295. The van der Waals surface area contributed by atoms with E-state index < -0.39 is 30.0 Å². The van der Waals surface area contributed by atoms with Crippen molar-refractivity contribution in [1.82, 2.24) is 10.6 Å². The Morgan fingerprint density at radius 3 is 2.41 bits per heavy atom. The standard InChI is InChI=1S/C9H18N4O4/c1-5(8(15)16)13-7(14)6(10)3-2-4-12-9(11)17/h5-6H,2-4,10H2,1H3,(H,13,14)(H,15,16)(H3,11,12,17)/t5-,6-/m0/s1. The molecule has 0 fully saturated rings. The zero-order valence-electron chi connectivity index (χ0n) is 9.60. The van der Waals surface area contributed by atoms with Crippen molar-refractivity contribution in [3.05, 3.63) is 0 Å². The van der Waals surface area contributed by atoms with Crippen LogP contribution < -0.4 is 22.1 Å². The predicted molar refractivity (Wildman–Crippen MR) is 60.0 cm³/mol. The van der Waals surface area contributed by atoms with Crippen LogP contribution in [0.5, 0.6) is 0 Å². The summed E-state index contributed by atoms with van der Waals surface area (Å²) in [5.74, 6) is -1.65. The molecule has 0 saturated carbocycles. The minimum absolute atomic E-state index is 0.324. The number of nitrogens with one attached hydrogen (secondary N) is 2. The van der Waals surface area contributed by atoms with Crippen molar-refractivity contribution in [2.45, 2.75) is 31.8 Å². The lowest BCUT2D eigenvalue weighted by atomic mass is 10.1. The van der Waals surface area contributed by atoms with Crippen LogP contribution in [0.4, 0.5) is 4.79 Å². The maximum absolute atomic E-state index is 11.4. The number of carboxylic acid groups (broad SMARTS) is 1. The Hall–Kier alpha value is -1.83. The van der Waals surface area contributed by atoms with Crippen molar-refractivity contribution in [1.29, 1.82) is 0 Å². The second-order valence-corrected chi connectivity index (χ2v) is 3.61. The number of hydrogen-bond donors (Lipinski definition) is 5. The van der Waals surface area contributed by atoms with E-state index in [1.54, 1.807) is 0 Å². The fraction of sp³-hybridized carbons (Fsp3) is 0.667. The molecule has 0 unspecified atom stereocenters. The van der Waals surface area contributed by atoms with E-state index in [1.165, 1.54) is 6.92 Å². The molecule has 0 saturated heterocycles. The average molecular weight is 246 g/mol. The van der Waals surface area contributed by atoms with Crippen LogP contribution in [0.2, 0.25) is 0 Å². The molecule has 8 heteroatoms. The molecule has 0 aliphatic rings. The van der Waals surface area contributed by atoms with Gasteiger partial charge in [-0.15, -0.1) is 0 Å². The van der Waals surface area contributed by atoms with Gasteiger partial charge in [0, 0.05) is 6.54 Å². The van der Waals surface area contributed by atoms with Gasteiger partial charge < -0.3 is 27.2 Å². The van der Waals surface area contributed by atoms with Gasteiger partial charge in [0.1, 0.15) is 6.04 Å². The van der Waals surface area contributed by atoms with Crippen LogP contribution in [0.3, 0.4) is 0 Å². The minimum atomic E-state index is -1.12. The number of carbonyl (C=O) groups is 3. The highest BCUT2D eigenvalue weighted by Crippen LogP contribution is 1.94. The summed E-state index contributed by atoms with van der Waals surface area (Å²) in [6.45, 7) is 1.67. The molecular weight excluding hydrogens is 228 g/mol. The number of carbonyl (C=O) groups excluding carboxylic acids is 2. The number of amides is 3. The summed E-state index contributed by atoms with van der Waals surface area (Å²) in [6, 6.07) is -2.41. The Kier molecular flexibility index (Phi) is 6.64. The second-order valence-electron chi connectivity index (χ2n) is 3.61. The van der Waals surface area contributed by atoms with Gasteiger partial charge in [-0.05, 0) is 19.8 Å². The summed E-state index contributed by atoms with van der Waals surface area (Å²) in [5, 5.41) is 13.2. The van der Waals surface area contributed by atoms with Gasteiger partial charge in [-0.3, -0.25) is 9.59 Å². The summed E-state index contributed by atoms with van der Waals surface area (Å²) in [6.07, 6.45) is 0.817.